The average molecular weight is 233 g/mol. The first kappa shape index (κ1) is 12.0. The molecule has 1 aliphatic rings. The topological polar surface area (TPSA) is 47.9 Å². The number of aliphatic imine (C=N–C) groups is 1. The van der Waals surface area contributed by atoms with Crippen molar-refractivity contribution in [1.29, 1.82) is 0 Å². The average Bonchev–Trinajstić information content (AvgIpc) is 2.67. The third kappa shape index (κ3) is 3.01. The second kappa shape index (κ2) is 4.80. The minimum Gasteiger partial charge on any atom is -0.347 e. The Kier molecular flexibility index (Phi) is 3.38. The van der Waals surface area contributed by atoms with Crippen molar-refractivity contribution < 1.29 is 14.3 Å². The summed E-state index contributed by atoms with van der Waals surface area (Å²) in [7, 11) is 0. The second-order valence-electron chi connectivity index (χ2n) is 4.47. The molecule has 0 N–H and O–H groups in total. The van der Waals surface area contributed by atoms with Gasteiger partial charge < -0.3 is 9.47 Å². The van der Waals surface area contributed by atoms with Crippen molar-refractivity contribution >= 4 is 6.08 Å². The summed E-state index contributed by atoms with van der Waals surface area (Å²) < 4.78 is 11.3. The van der Waals surface area contributed by atoms with Gasteiger partial charge in [-0.3, -0.25) is 0 Å². The fourth-order valence-electron chi connectivity index (χ4n) is 1.87. The molecule has 17 heavy (non-hydrogen) atoms. The minimum atomic E-state index is -0.526. The molecule has 1 aliphatic heterocycles. The van der Waals surface area contributed by atoms with Crippen molar-refractivity contribution in [3.63, 3.8) is 0 Å². The van der Waals surface area contributed by atoms with Crippen LogP contribution in [0.5, 0.6) is 0 Å². The fourth-order valence-corrected chi connectivity index (χ4v) is 1.87. The van der Waals surface area contributed by atoms with Crippen molar-refractivity contribution in [3.05, 3.63) is 35.4 Å². The molecule has 1 aromatic rings. The highest BCUT2D eigenvalue weighted by atomic mass is 16.7. The van der Waals surface area contributed by atoms with Gasteiger partial charge in [0, 0.05) is 0 Å². The Labute approximate surface area is 100 Å². The van der Waals surface area contributed by atoms with Gasteiger partial charge in [-0.05, 0) is 25.0 Å². The van der Waals surface area contributed by atoms with Gasteiger partial charge in [0.2, 0.25) is 6.08 Å². The zero-order valence-corrected chi connectivity index (χ0v) is 9.97. The maximum atomic E-state index is 10.1. The number of benzene rings is 1. The molecule has 1 fully saturated rings. The maximum absolute atomic E-state index is 10.1. The van der Waals surface area contributed by atoms with E-state index in [0.717, 1.165) is 11.1 Å². The zero-order valence-electron chi connectivity index (χ0n) is 9.97. The molecule has 1 atom stereocenters. The van der Waals surface area contributed by atoms with Crippen LogP contribution in [-0.4, -0.2) is 18.5 Å². The van der Waals surface area contributed by atoms with Gasteiger partial charge in [-0.25, -0.2) is 9.79 Å². The molecule has 1 aromatic carbocycles. The summed E-state index contributed by atoms with van der Waals surface area (Å²) in [6, 6.07) is 7.82. The summed E-state index contributed by atoms with van der Waals surface area (Å²) in [5, 5.41) is 0. The monoisotopic (exact) mass is 233 g/mol. The third-order valence-corrected chi connectivity index (χ3v) is 2.66. The predicted octanol–water partition coefficient (Wildman–Crippen LogP) is 2.35. The van der Waals surface area contributed by atoms with E-state index in [0.29, 0.717) is 13.2 Å². The Bertz CT molecular complexity index is 450. The second-order valence-corrected chi connectivity index (χ2v) is 4.47. The molecule has 90 valence electrons. The van der Waals surface area contributed by atoms with Crippen LogP contribution in [0.4, 0.5) is 0 Å². The third-order valence-electron chi connectivity index (χ3n) is 2.66. The first-order chi connectivity index (χ1) is 8.11. The van der Waals surface area contributed by atoms with E-state index >= 15 is 0 Å². The van der Waals surface area contributed by atoms with Crippen molar-refractivity contribution in [2.75, 3.05) is 6.61 Å². The number of ether oxygens (including phenoxy) is 2. The molecule has 0 saturated carbocycles. The lowest BCUT2D eigenvalue weighted by Gasteiger charge is -2.17. The lowest BCUT2D eigenvalue weighted by atomic mass is 10.1. The highest BCUT2D eigenvalue weighted by Crippen LogP contribution is 2.32. The standard InChI is InChI=1S/C13H15NO3/c1-13(2)16-8-12(17-13)11-5-3-4-10(6-11)7-14-9-15/h3-6,12H,7-8H2,1-2H3. The van der Waals surface area contributed by atoms with Crippen LogP contribution in [0, 0.1) is 0 Å². The van der Waals surface area contributed by atoms with Gasteiger partial charge in [0.05, 0.1) is 13.2 Å². The summed E-state index contributed by atoms with van der Waals surface area (Å²) in [5.74, 6) is -0.526. The van der Waals surface area contributed by atoms with E-state index in [9.17, 15) is 4.79 Å². The van der Waals surface area contributed by atoms with Crippen molar-refractivity contribution in [3.8, 4) is 0 Å². The Hall–Kier alpha value is -1.48. The minimum absolute atomic E-state index is 0.0508. The highest BCUT2D eigenvalue weighted by molar-refractivity contribution is 5.34. The van der Waals surface area contributed by atoms with Crippen LogP contribution < -0.4 is 0 Å². The number of hydrogen-bond donors (Lipinski definition) is 0. The van der Waals surface area contributed by atoms with E-state index in [2.05, 4.69) is 4.99 Å². The van der Waals surface area contributed by atoms with E-state index in [4.69, 9.17) is 9.47 Å². The Balaban J connectivity index is 2.14. The smallest absolute Gasteiger partial charge is 0.235 e. The Morgan fingerprint density at radius 3 is 3.00 bits per heavy atom. The van der Waals surface area contributed by atoms with Gasteiger partial charge >= 0.3 is 0 Å². The van der Waals surface area contributed by atoms with E-state index in [-0.39, 0.29) is 6.10 Å². The Morgan fingerprint density at radius 2 is 2.35 bits per heavy atom. The van der Waals surface area contributed by atoms with Crippen LogP contribution in [0.25, 0.3) is 0 Å². The van der Waals surface area contributed by atoms with Crippen LogP contribution in [0.1, 0.15) is 31.1 Å². The number of carbonyl (C=O) groups excluding carboxylic acids is 1. The normalized spacial score (nSPS) is 22.1. The van der Waals surface area contributed by atoms with E-state index in [1.807, 2.05) is 38.1 Å². The number of nitrogens with zero attached hydrogens (tertiary/aromatic N) is 1. The zero-order chi connectivity index (χ0) is 12.3. The molecule has 1 heterocycles. The molecule has 4 nitrogen and oxygen atoms in total. The van der Waals surface area contributed by atoms with E-state index in [1.54, 1.807) is 0 Å². The molecule has 0 amide bonds. The quantitative estimate of drug-likeness (QED) is 0.594. The molecule has 2 rings (SSSR count). The van der Waals surface area contributed by atoms with Crippen LogP contribution in [0.3, 0.4) is 0 Å². The first-order valence-corrected chi connectivity index (χ1v) is 5.55. The molecule has 0 spiro atoms. The largest absolute Gasteiger partial charge is 0.347 e. The van der Waals surface area contributed by atoms with Crippen LogP contribution in [0.15, 0.2) is 29.3 Å². The summed E-state index contributed by atoms with van der Waals surface area (Å²) in [6.07, 6.45) is 1.49. The van der Waals surface area contributed by atoms with Crippen molar-refractivity contribution in [2.45, 2.75) is 32.3 Å². The van der Waals surface area contributed by atoms with Gasteiger partial charge in [-0.1, -0.05) is 24.3 Å². The summed E-state index contributed by atoms with van der Waals surface area (Å²) >= 11 is 0. The first-order valence-electron chi connectivity index (χ1n) is 5.55. The number of isocyanates is 1. The van der Waals surface area contributed by atoms with Crippen LogP contribution in [-0.2, 0) is 20.8 Å². The maximum Gasteiger partial charge on any atom is 0.235 e. The van der Waals surface area contributed by atoms with Gasteiger partial charge in [-0.15, -0.1) is 0 Å². The SMILES string of the molecule is CC1(C)OCC(c2cccc(CN=C=O)c2)O1. The summed E-state index contributed by atoms with van der Waals surface area (Å²) in [6.45, 7) is 4.70. The molecular weight excluding hydrogens is 218 g/mol. The molecule has 0 aliphatic carbocycles. The Morgan fingerprint density at radius 1 is 1.53 bits per heavy atom. The van der Waals surface area contributed by atoms with Gasteiger partial charge in [0.25, 0.3) is 0 Å². The van der Waals surface area contributed by atoms with Crippen molar-refractivity contribution in [1.82, 2.24) is 0 Å². The molecule has 1 unspecified atom stereocenters. The van der Waals surface area contributed by atoms with Crippen molar-refractivity contribution in [2.24, 2.45) is 4.99 Å². The molecule has 1 saturated heterocycles. The highest BCUT2D eigenvalue weighted by Gasteiger charge is 2.33. The number of rotatable bonds is 3. The molecule has 0 bridgehead atoms. The molecular formula is C13H15NO3. The lowest BCUT2D eigenvalue weighted by molar-refractivity contribution is -0.139. The fraction of sp³-hybridized carbons (Fsp3) is 0.462. The van der Waals surface area contributed by atoms with Gasteiger partial charge in [0.15, 0.2) is 5.79 Å². The number of hydrogen-bond acceptors (Lipinski definition) is 4. The van der Waals surface area contributed by atoms with Gasteiger partial charge in [-0.2, -0.15) is 0 Å². The molecule has 4 heteroatoms. The lowest BCUT2D eigenvalue weighted by Crippen LogP contribution is -2.19. The van der Waals surface area contributed by atoms with Gasteiger partial charge in [0.1, 0.15) is 6.10 Å². The van der Waals surface area contributed by atoms with Crippen LogP contribution >= 0.6 is 0 Å². The predicted molar refractivity (Wildman–Crippen MR) is 62.1 cm³/mol. The summed E-state index contributed by atoms with van der Waals surface area (Å²) in [5.41, 5.74) is 2.02. The van der Waals surface area contributed by atoms with E-state index in [1.165, 1.54) is 6.08 Å². The van der Waals surface area contributed by atoms with E-state index < -0.39 is 5.79 Å². The summed E-state index contributed by atoms with van der Waals surface area (Å²) in [4.78, 5) is 13.6. The van der Waals surface area contributed by atoms with Crippen LogP contribution in [0.2, 0.25) is 0 Å². The molecule has 0 radical (unpaired) electrons. The molecule has 0 aromatic heterocycles.